The lowest BCUT2D eigenvalue weighted by Gasteiger charge is -2.17. The van der Waals surface area contributed by atoms with Crippen LogP contribution in [-0.4, -0.2) is 0 Å². The van der Waals surface area contributed by atoms with Crippen molar-refractivity contribution < 1.29 is 0 Å². The van der Waals surface area contributed by atoms with Crippen LogP contribution in [0.5, 0.6) is 0 Å². The summed E-state index contributed by atoms with van der Waals surface area (Å²) in [6.45, 7) is 9.43. The van der Waals surface area contributed by atoms with Gasteiger partial charge in [-0.15, -0.1) is 0 Å². The molecule has 2 aliphatic carbocycles. The van der Waals surface area contributed by atoms with Gasteiger partial charge in [-0.25, -0.2) is 0 Å². The molecule has 142 valence electrons. The van der Waals surface area contributed by atoms with Crippen molar-refractivity contribution in [2.24, 2.45) is 29.1 Å². The van der Waals surface area contributed by atoms with Gasteiger partial charge in [0.2, 0.25) is 0 Å². The molecular weight excluding hydrogens is 288 g/mol. The topological polar surface area (TPSA) is 0 Å². The highest BCUT2D eigenvalue weighted by atomic mass is 14.5. The summed E-state index contributed by atoms with van der Waals surface area (Å²) in [7, 11) is 0. The summed E-state index contributed by atoms with van der Waals surface area (Å²) in [5.41, 5.74) is 0.539. The van der Waals surface area contributed by atoms with Crippen LogP contribution < -0.4 is 0 Å². The zero-order valence-electron chi connectivity index (χ0n) is 17.4. The molecule has 24 heavy (non-hydrogen) atoms. The van der Waals surface area contributed by atoms with Crippen LogP contribution in [0.2, 0.25) is 0 Å². The van der Waals surface area contributed by atoms with Gasteiger partial charge in [-0.3, -0.25) is 0 Å². The predicted molar refractivity (Wildman–Crippen MR) is 108 cm³/mol. The Labute approximate surface area is 153 Å². The average molecular weight is 335 g/mol. The summed E-state index contributed by atoms with van der Waals surface area (Å²) in [6.07, 6.45) is 22.5. The van der Waals surface area contributed by atoms with Crippen LogP contribution in [0.3, 0.4) is 0 Å². The fraction of sp³-hybridized carbons (Fsp3) is 1.00. The monoisotopic (exact) mass is 334 g/mol. The normalized spacial score (nSPS) is 29.0. The van der Waals surface area contributed by atoms with Crippen molar-refractivity contribution in [3.8, 4) is 0 Å². The fourth-order valence-electron chi connectivity index (χ4n) is 4.72. The maximum Gasteiger partial charge on any atom is -0.0380 e. The first kappa shape index (κ1) is 20.3. The molecule has 2 rings (SSSR count). The first-order valence-electron chi connectivity index (χ1n) is 11.5. The molecule has 0 amide bonds. The molecule has 0 aliphatic heterocycles. The van der Waals surface area contributed by atoms with Gasteiger partial charge < -0.3 is 0 Å². The zero-order valence-corrected chi connectivity index (χ0v) is 17.4. The minimum absolute atomic E-state index is 0.539. The number of rotatable bonds is 14. The molecule has 4 unspecified atom stereocenters. The molecule has 0 aromatic carbocycles. The molecule has 2 fully saturated rings. The van der Waals surface area contributed by atoms with Gasteiger partial charge in [-0.1, -0.05) is 98.3 Å². The SMILES string of the molecule is CCCCCC1CC1CC1CC1CCCCCCCCC(C)(C)C. The van der Waals surface area contributed by atoms with Crippen LogP contribution in [0.15, 0.2) is 0 Å². The second kappa shape index (κ2) is 10.2. The van der Waals surface area contributed by atoms with Gasteiger partial charge in [-0.05, 0) is 54.8 Å². The van der Waals surface area contributed by atoms with E-state index in [4.69, 9.17) is 0 Å². The zero-order chi connectivity index (χ0) is 17.4. The van der Waals surface area contributed by atoms with Crippen LogP contribution in [0.1, 0.15) is 124 Å². The van der Waals surface area contributed by atoms with Gasteiger partial charge >= 0.3 is 0 Å². The smallest absolute Gasteiger partial charge is 0.0380 e. The van der Waals surface area contributed by atoms with E-state index in [2.05, 4.69) is 27.7 Å². The average Bonchev–Trinajstić information content (AvgIpc) is 3.41. The van der Waals surface area contributed by atoms with Crippen LogP contribution in [0.25, 0.3) is 0 Å². The Morgan fingerprint density at radius 2 is 1.12 bits per heavy atom. The highest BCUT2D eigenvalue weighted by Gasteiger charge is 2.44. The molecule has 0 aromatic heterocycles. The number of hydrogen-bond acceptors (Lipinski definition) is 0. The third kappa shape index (κ3) is 8.91. The highest BCUT2D eigenvalue weighted by Crippen LogP contribution is 2.54. The quantitative estimate of drug-likeness (QED) is 0.280. The van der Waals surface area contributed by atoms with Gasteiger partial charge in [0, 0.05) is 0 Å². The molecule has 0 saturated heterocycles. The molecule has 0 N–H and O–H groups in total. The number of unbranched alkanes of at least 4 members (excludes halogenated alkanes) is 7. The summed E-state index contributed by atoms with van der Waals surface area (Å²) in [4.78, 5) is 0. The third-order valence-electron chi connectivity index (χ3n) is 6.67. The second-order valence-corrected chi connectivity index (χ2v) is 10.5. The van der Waals surface area contributed by atoms with Gasteiger partial charge in [0.05, 0.1) is 0 Å². The van der Waals surface area contributed by atoms with E-state index in [9.17, 15) is 0 Å². The molecule has 2 aliphatic rings. The van der Waals surface area contributed by atoms with E-state index >= 15 is 0 Å². The van der Waals surface area contributed by atoms with Gasteiger partial charge in [0.1, 0.15) is 0 Å². The van der Waals surface area contributed by atoms with Crippen molar-refractivity contribution in [3.63, 3.8) is 0 Å². The van der Waals surface area contributed by atoms with E-state index in [1.807, 2.05) is 0 Å². The molecule has 0 heteroatoms. The van der Waals surface area contributed by atoms with Crippen LogP contribution >= 0.6 is 0 Å². The maximum atomic E-state index is 2.37. The van der Waals surface area contributed by atoms with Gasteiger partial charge in [-0.2, -0.15) is 0 Å². The van der Waals surface area contributed by atoms with E-state index in [0.29, 0.717) is 5.41 Å². The van der Waals surface area contributed by atoms with Crippen molar-refractivity contribution in [2.75, 3.05) is 0 Å². The molecule has 0 aromatic rings. The van der Waals surface area contributed by atoms with E-state index in [1.165, 1.54) is 64.2 Å². The largest absolute Gasteiger partial charge is 0.0654 e. The molecule has 0 bridgehead atoms. The maximum absolute atomic E-state index is 2.37. The molecule has 0 spiro atoms. The minimum Gasteiger partial charge on any atom is -0.0654 e. The molecule has 0 nitrogen and oxygen atoms in total. The Bertz CT molecular complexity index is 323. The molecular formula is C24H46. The molecule has 0 heterocycles. The third-order valence-corrected chi connectivity index (χ3v) is 6.67. The molecule has 4 atom stereocenters. The highest BCUT2D eigenvalue weighted by molar-refractivity contribution is 4.94. The van der Waals surface area contributed by atoms with Crippen molar-refractivity contribution >= 4 is 0 Å². The Kier molecular flexibility index (Phi) is 8.65. The molecule has 2 saturated carbocycles. The standard InChI is InChI=1S/C24H46/c1-5-6-11-14-20-17-22(20)19-23-18-21(23)15-12-9-7-8-10-13-16-24(2,3)4/h20-23H,5-19H2,1-4H3. The summed E-state index contributed by atoms with van der Waals surface area (Å²) in [5.74, 6) is 4.59. The van der Waals surface area contributed by atoms with Crippen molar-refractivity contribution in [1.29, 1.82) is 0 Å². The van der Waals surface area contributed by atoms with Crippen LogP contribution in [0.4, 0.5) is 0 Å². The first-order valence-corrected chi connectivity index (χ1v) is 11.5. The Hall–Kier alpha value is 0. The van der Waals surface area contributed by atoms with E-state index in [0.717, 1.165) is 23.7 Å². The minimum atomic E-state index is 0.539. The Morgan fingerprint density at radius 3 is 1.67 bits per heavy atom. The Morgan fingerprint density at radius 1 is 0.625 bits per heavy atom. The summed E-state index contributed by atoms with van der Waals surface area (Å²) >= 11 is 0. The lowest BCUT2D eigenvalue weighted by molar-refractivity contribution is 0.356. The van der Waals surface area contributed by atoms with Crippen molar-refractivity contribution in [2.45, 2.75) is 124 Å². The van der Waals surface area contributed by atoms with Crippen LogP contribution in [-0.2, 0) is 0 Å². The fourth-order valence-corrected chi connectivity index (χ4v) is 4.72. The first-order chi connectivity index (χ1) is 11.5. The van der Waals surface area contributed by atoms with E-state index in [-0.39, 0.29) is 0 Å². The predicted octanol–water partition coefficient (Wildman–Crippen LogP) is 8.40. The van der Waals surface area contributed by atoms with E-state index in [1.54, 1.807) is 32.1 Å². The van der Waals surface area contributed by atoms with Crippen molar-refractivity contribution in [1.82, 2.24) is 0 Å². The summed E-state index contributed by atoms with van der Waals surface area (Å²) in [6, 6.07) is 0. The van der Waals surface area contributed by atoms with Crippen molar-refractivity contribution in [3.05, 3.63) is 0 Å². The number of hydrogen-bond donors (Lipinski definition) is 0. The lowest BCUT2D eigenvalue weighted by Crippen LogP contribution is -2.03. The van der Waals surface area contributed by atoms with Gasteiger partial charge in [0.25, 0.3) is 0 Å². The summed E-state index contributed by atoms with van der Waals surface area (Å²) < 4.78 is 0. The van der Waals surface area contributed by atoms with E-state index < -0.39 is 0 Å². The second-order valence-electron chi connectivity index (χ2n) is 10.5. The Balaban J connectivity index is 1.34. The lowest BCUT2D eigenvalue weighted by atomic mass is 9.89. The van der Waals surface area contributed by atoms with Gasteiger partial charge in [0.15, 0.2) is 0 Å². The summed E-state index contributed by atoms with van der Waals surface area (Å²) in [5, 5.41) is 0. The molecule has 0 radical (unpaired) electrons. The van der Waals surface area contributed by atoms with Crippen LogP contribution in [0, 0.1) is 29.1 Å².